The Morgan fingerprint density at radius 2 is 2.00 bits per heavy atom. The van der Waals surface area contributed by atoms with Crippen LogP contribution in [0, 0.1) is 13.8 Å². The molecule has 5 heteroatoms. The first-order valence-corrected chi connectivity index (χ1v) is 5.38. The highest BCUT2D eigenvalue weighted by molar-refractivity contribution is 5.86. The number of carbonyl (C=O) groups is 2. The fourth-order valence-electron chi connectivity index (χ4n) is 1.44. The molecular formula is C12H17N3O2. The molecule has 92 valence electrons. The smallest absolute Gasteiger partial charge is 0.228 e. The Bertz CT molecular complexity index is 430. The summed E-state index contributed by atoms with van der Waals surface area (Å²) in [6, 6.07) is 3.84. The summed E-state index contributed by atoms with van der Waals surface area (Å²) in [6.07, 6.45) is 0.609. The van der Waals surface area contributed by atoms with Crippen molar-refractivity contribution in [1.29, 1.82) is 0 Å². The summed E-state index contributed by atoms with van der Waals surface area (Å²) in [5.74, 6) is -0.310. The molecule has 0 aromatic heterocycles. The Morgan fingerprint density at radius 3 is 2.65 bits per heavy atom. The van der Waals surface area contributed by atoms with Gasteiger partial charge in [0.05, 0.1) is 11.4 Å². The first-order valence-electron chi connectivity index (χ1n) is 5.38. The number of hydrogen-bond acceptors (Lipinski definition) is 4. The molecule has 0 heterocycles. The topological polar surface area (TPSA) is 84.2 Å². The number of amides is 2. The fourth-order valence-corrected chi connectivity index (χ4v) is 1.44. The molecule has 0 fully saturated rings. The van der Waals surface area contributed by atoms with Gasteiger partial charge >= 0.3 is 0 Å². The van der Waals surface area contributed by atoms with Crippen molar-refractivity contribution in [2.75, 3.05) is 17.6 Å². The Kier molecular flexibility index (Phi) is 4.51. The van der Waals surface area contributed by atoms with Crippen molar-refractivity contribution in [2.24, 2.45) is 0 Å². The molecule has 0 bridgehead atoms. The first-order chi connectivity index (χ1) is 8.04. The van der Waals surface area contributed by atoms with E-state index in [1.54, 1.807) is 0 Å². The average Bonchev–Trinajstić information content (AvgIpc) is 2.26. The van der Waals surface area contributed by atoms with Crippen molar-refractivity contribution in [3.8, 4) is 0 Å². The predicted molar refractivity (Wildman–Crippen MR) is 67.6 cm³/mol. The van der Waals surface area contributed by atoms with E-state index in [1.165, 1.54) is 0 Å². The Balaban J connectivity index is 2.55. The van der Waals surface area contributed by atoms with Crippen molar-refractivity contribution in [3.05, 3.63) is 23.3 Å². The van der Waals surface area contributed by atoms with E-state index < -0.39 is 0 Å². The van der Waals surface area contributed by atoms with Gasteiger partial charge in [-0.05, 0) is 37.1 Å². The maximum atomic E-state index is 11.0. The third-order valence-electron chi connectivity index (χ3n) is 2.55. The number of anilines is 2. The quantitative estimate of drug-likeness (QED) is 0.524. The van der Waals surface area contributed by atoms with E-state index in [9.17, 15) is 9.59 Å². The van der Waals surface area contributed by atoms with E-state index in [0.717, 1.165) is 16.8 Å². The molecule has 0 aliphatic heterocycles. The molecule has 17 heavy (non-hydrogen) atoms. The molecule has 2 amide bonds. The average molecular weight is 235 g/mol. The van der Waals surface area contributed by atoms with E-state index in [-0.39, 0.29) is 12.3 Å². The zero-order valence-electron chi connectivity index (χ0n) is 10.0. The predicted octanol–water partition coefficient (Wildman–Crippen LogP) is 0.960. The molecule has 0 saturated carbocycles. The summed E-state index contributed by atoms with van der Waals surface area (Å²) in [5.41, 5.74) is 9.58. The minimum absolute atomic E-state index is 0.227. The summed E-state index contributed by atoms with van der Waals surface area (Å²) in [7, 11) is 0. The summed E-state index contributed by atoms with van der Waals surface area (Å²) in [5, 5.41) is 5.14. The molecule has 1 aromatic rings. The number of hydrogen-bond donors (Lipinski definition) is 3. The van der Waals surface area contributed by atoms with Crippen molar-refractivity contribution >= 4 is 23.7 Å². The molecule has 4 N–H and O–H groups in total. The van der Waals surface area contributed by atoms with Crippen molar-refractivity contribution in [2.45, 2.75) is 20.3 Å². The normalized spacial score (nSPS) is 9.76. The van der Waals surface area contributed by atoms with Crippen molar-refractivity contribution in [3.63, 3.8) is 0 Å². The zero-order valence-corrected chi connectivity index (χ0v) is 10.0. The lowest BCUT2D eigenvalue weighted by Crippen LogP contribution is -2.23. The maximum Gasteiger partial charge on any atom is 0.228 e. The highest BCUT2D eigenvalue weighted by atomic mass is 16.2. The number of aryl methyl sites for hydroxylation is 2. The highest BCUT2D eigenvalue weighted by Crippen LogP contribution is 2.22. The molecule has 0 saturated heterocycles. The number of nitrogens with two attached hydrogens (primary N) is 1. The van der Waals surface area contributed by atoms with E-state index in [1.807, 2.05) is 26.0 Å². The van der Waals surface area contributed by atoms with Gasteiger partial charge in [0, 0.05) is 13.0 Å². The van der Waals surface area contributed by atoms with Crippen LogP contribution in [0.5, 0.6) is 0 Å². The second-order valence-electron chi connectivity index (χ2n) is 3.89. The molecule has 1 rings (SSSR count). The monoisotopic (exact) mass is 235 g/mol. The van der Waals surface area contributed by atoms with Crippen LogP contribution in [0.4, 0.5) is 11.4 Å². The molecule has 0 aliphatic rings. The number of rotatable bonds is 5. The second-order valence-corrected chi connectivity index (χ2v) is 3.89. The van der Waals surface area contributed by atoms with Gasteiger partial charge in [0.2, 0.25) is 12.3 Å². The van der Waals surface area contributed by atoms with Crippen LogP contribution in [-0.2, 0) is 9.59 Å². The number of nitrogens with one attached hydrogen (secondary N) is 2. The molecule has 0 aliphatic carbocycles. The first kappa shape index (κ1) is 13.0. The van der Waals surface area contributed by atoms with Gasteiger partial charge in [-0.2, -0.15) is 0 Å². The summed E-state index contributed by atoms with van der Waals surface area (Å²) >= 11 is 0. The van der Waals surface area contributed by atoms with Gasteiger partial charge in [0.25, 0.3) is 0 Å². The van der Waals surface area contributed by atoms with Crippen molar-refractivity contribution < 1.29 is 9.59 Å². The van der Waals surface area contributed by atoms with Crippen LogP contribution in [0.2, 0.25) is 0 Å². The molecule has 1 aromatic carbocycles. The number of carbonyl (C=O) groups excluding carboxylic acids is 2. The van der Waals surface area contributed by atoms with Gasteiger partial charge in [-0.25, -0.2) is 0 Å². The van der Waals surface area contributed by atoms with Gasteiger partial charge in [-0.3, -0.25) is 14.9 Å². The zero-order chi connectivity index (χ0) is 12.8. The van der Waals surface area contributed by atoms with Crippen molar-refractivity contribution in [1.82, 2.24) is 5.32 Å². The van der Waals surface area contributed by atoms with Gasteiger partial charge in [-0.15, -0.1) is 0 Å². The summed E-state index contributed by atoms with van der Waals surface area (Å²) < 4.78 is 0. The lowest BCUT2D eigenvalue weighted by Gasteiger charge is -2.11. The number of benzene rings is 1. The fraction of sp³-hybridized carbons (Fsp3) is 0.333. The third kappa shape index (κ3) is 3.79. The van der Waals surface area contributed by atoms with Gasteiger partial charge in [0.1, 0.15) is 0 Å². The van der Waals surface area contributed by atoms with Gasteiger partial charge in [-0.1, -0.05) is 0 Å². The lowest BCUT2D eigenvalue weighted by molar-refractivity contribution is -0.125. The maximum absolute atomic E-state index is 11.0. The van der Waals surface area contributed by atoms with E-state index in [2.05, 4.69) is 10.6 Å². The summed E-state index contributed by atoms with van der Waals surface area (Å²) in [6.45, 7) is 4.43. The van der Waals surface area contributed by atoms with E-state index >= 15 is 0 Å². The van der Waals surface area contributed by atoms with Gasteiger partial charge in [0.15, 0.2) is 0 Å². The van der Waals surface area contributed by atoms with E-state index in [4.69, 9.17) is 5.73 Å². The molecular weight excluding hydrogens is 218 g/mol. The molecule has 5 nitrogen and oxygen atoms in total. The summed E-state index contributed by atoms with van der Waals surface area (Å²) in [4.78, 5) is 21.0. The molecule has 0 spiro atoms. The van der Waals surface area contributed by atoms with Crippen LogP contribution in [0.25, 0.3) is 0 Å². The van der Waals surface area contributed by atoms with Crippen LogP contribution >= 0.6 is 0 Å². The van der Waals surface area contributed by atoms with Crippen LogP contribution in [0.1, 0.15) is 17.5 Å². The highest BCUT2D eigenvalue weighted by Gasteiger charge is 2.03. The Morgan fingerprint density at radius 1 is 1.35 bits per heavy atom. The lowest BCUT2D eigenvalue weighted by atomic mass is 10.1. The van der Waals surface area contributed by atoms with Gasteiger partial charge < -0.3 is 11.1 Å². The van der Waals surface area contributed by atoms with E-state index in [0.29, 0.717) is 18.6 Å². The Hall–Kier alpha value is -2.04. The minimum Gasteiger partial charge on any atom is -0.397 e. The molecule has 0 radical (unpaired) electrons. The van der Waals surface area contributed by atoms with Crippen LogP contribution < -0.4 is 16.4 Å². The SMILES string of the molecule is Cc1cc(N)c(NCCC(=O)NC=O)cc1C. The van der Waals surface area contributed by atoms with Crippen LogP contribution in [-0.4, -0.2) is 18.9 Å². The minimum atomic E-state index is -0.310. The molecule has 0 unspecified atom stereocenters. The number of imide groups is 1. The largest absolute Gasteiger partial charge is 0.397 e. The van der Waals surface area contributed by atoms with Crippen LogP contribution in [0.3, 0.4) is 0 Å². The molecule has 0 atom stereocenters. The standard InChI is InChI=1S/C12H17N3O2/c1-8-5-10(13)11(6-9(8)2)14-4-3-12(17)15-7-16/h5-7,14H,3-4,13H2,1-2H3,(H,15,16,17). The van der Waals surface area contributed by atoms with Crippen LogP contribution in [0.15, 0.2) is 12.1 Å². The number of nitrogen functional groups attached to an aromatic ring is 1. The Labute approximate surface area is 100 Å². The third-order valence-corrected chi connectivity index (χ3v) is 2.55. The second kappa shape index (κ2) is 5.89.